The molecule has 0 saturated carbocycles. The summed E-state index contributed by atoms with van der Waals surface area (Å²) >= 11 is 0. The summed E-state index contributed by atoms with van der Waals surface area (Å²) in [4.78, 5) is 10.5. The van der Waals surface area contributed by atoms with E-state index in [1.165, 1.54) is 0 Å². The second kappa shape index (κ2) is 5.18. The molecular formula is C10H14O4Si. The molecule has 0 radical (unpaired) electrons. The van der Waals surface area contributed by atoms with Crippen LogP contribution >= 0.6 is 0 Å². The SMILES string of the molecule is CO[Si](OC)(OC)c1ccc(C=O)cc1. The molecule has 5 heteroatoms. The molecule has 0 N–H and O–H groups in total. The van der Waals surface area contributed by atoms with Crippen molar-refractivity contribution >= 4 is 20.3 Å². The maximum absolute atomic E-state index is 10.5. The molecular weight excluding hydrogens is 212 g/mol. The summed E-state index contributed by atoms with van der Waals surface area (Å²) in [7, 11) is 1.90. The molecule has 15 heavy (non-hydrogen) atoms. The van der Waals surface area contributed by atoms with Gasteiger partial charge in [-0.05, 0) is 0 Å². The molecule has 0 amide bonds. The van der Waals surface area contributed by atoms with Crippen LogP contribution < -0.4 is 5.19 Å². The number of benzene rings is 1. The highest BCUT2D eigenvalue weighted by Gasteiger charge is 2.40. The van der Waals surface area contributed by atoms with Crippen molar-refractivity contribution in [3.8, 4) is 0 Å². The summed E-state index contributed by atoms with van der Waals surface area (Å²) in [5, 5.41) is 0.834. The van der Waals surface area contributed by atoms with Crippen molar-refractivity contribution < 1.29 is 18.1 Å². The lowest BCUT2D eigenvalue weighted by Crippen LogP contribution is -2.54. The summed E-state index contributed by atoms with van der Waals surface area (Å²) in [5.74, 6) is 0. The highest BCUT2D eigenvalue weighted by atomic mass is 28.4. The van der Waals surface area contributed by atoms with E-state index >= 15 is 0 Å². The minimum Gasteiger partial charge on any atom is -0.373 e. The Hall–Kier alpha value is -1.01. The fraction of sp³-hybridized carbons (Fsp3) is 0.300. The van der Waals surface area contributed by atoms with Crippen molar-refractivity contribution in [2.24, 2.45) is 0 Å². The monoisotopic (exact) mass is 226 g/mol. The number of hydrogen-bond acceptors (Lipinski definition) is 4. The second-order valence-electron chi connectivity index (χ2n) is 2.91. The predicted molar refractivity (Wildman–Crippen MR) is 58.2 cm³/mol. The van der Waals surface area contributed by atoms with E-state index in [-0.39, 0.29) is 0 Å². The first-order chi connectivity index (χ1) is 7.22. The van der Waals surface area contributed by atoms with Crippen molar-refractivity contribution in [3.05, 3.63) is 29.8 Å². The van der Waals surface area contributed by atoms with Gasteiger partial charge < -0.3 is 13.3 Å². The largest absolute Gasteiger partial charge is 0.536 e. The molecule has 0 fully saturated rings. The Morgan fingerprint density at radius 1 is 1.00 bits per heavy atom. The minimum atomic E-state index is -2.75. The van der Waals surface area contributed by atoms with Crippen LogP contribution in [0.1, 0.15) is 10.4 Å². The van der Waals surface area contributed by atoms with Gasteiger partial charge in [0.25, 0.3) is 0 Å². The van der Waals surface area contributed by atoms with E-state index < -0.39 is 8.80 Å². The average Bonchev–Trinajstić information content (AvgIpc) is 2.33. The maximum Gasteiger partial charge on any atom is 0.536 e. The minimum absolute atomic E-state index is 0.616. The quantitative estimate of drug-likeness (QED) is 0.544. The molecule has 1 aromatic rings. The van der Waals surface area contributed by atoms with Gasteiger partial charge in [-0.2, -0.15) is 0 Å². The highest BCUT2D eigenvalue weighted by molar-refractivity contribution is 6.75. The Morgan fingerprint density at radius 3 is 1.80 bits per heavy atom. The number of rotatable bonds is 5. The molecule has 4 nitrogen and oxygen atoms in total. The second-order valence-corrected chi connectivity index (χ2v) is 5.82. The van der Waals surface area contributed by atoms with Crippen LogP contribution in [0.5, 0.6) is 0 Å². The van der Waals surface area contributed by atoms with Crippen LogP contribution in [0.25, 0.3) is 0 Å². The average molecular weight is 226 g/mol. The third-order valence-corrected chi connectivity index (χ3v) is 4.86. The molecule has 0 aliphatic rings. The molecule has 0 spiro atoms. The third kappa shape index (κ3) is 2.32. The Bertz CT molecular complexity index is 310. The first-order valence-electron chi connectivity index (χ1n) is 4.43. The molecule has 1 rings (SSSR count). The Morgan fingerprint density at radius 2 is 1.47 bits per heavy atom. The Labute approximate surface area is 90.1 Å². The number of aldehydes is 1. The fourth-order valence-corrected chi connectivity index (χ4v) is 3.15. The van der Waals surface area contributed by atoms with Crippen LogP contribution in [-0.4, -0.2) is 36.4 Å². The first-order valence-corrected chi connectivity index (χ1v) is 6.16. The van der Waals surface area contributed by atoms with Crippen molar-refractivity contribution in [2.45, 2.75) is 0 Å². The summed E-state index contributed by atoms with van der Waals surface area (Å²) in [5.41, 5.74) is 0.616. The Balaban J connectivity index is 3.06. The summed E-state index contributed by atoms with van der Waals surface area (Å²) in [6, 6.07) is 6.99. The van der Waals surface area contributed by atoms with E-state index in [0.717, 1.165) is 11.5 Å². The first kappa shape index (κ1) is 12.1. The van der Waals surface area contributed by atoms with E-state index in [0.29, 0.717) is 5.56 Å². The predicted octanol–water partition coefficient (Wildman–Crippen LogP) is 0.584. The highest BCUT2D eigenvalue weighted by Crippen LogP contribution is 2.07. The van der Waals surface area contributed by atoms with Gasteiger partial charge in [0.15, 0.2) is 0 Å². The smallest absolute Gasteiger partial charge is 0.373 e. The van der Waals surface area contributed by atoms with Gasteiger partial charge in [-0.25, -0.2) is 0 Å². The number of carbonyl (C=O) groups is 1. The van der Waals surface area contributed by atoms with Crippen LogP contribution in [0.15, 0.2) is 24.3 Å². The van der Waals surface area contributed by atoms with Gasteiger partial charge in [0.05, 0.1) is 0 Å². The van der Waals surface area contributed by atoms with Gasteiger partial charge >= 0.3 is 8.80 Å². The van der Waals surface area contributed by atoms with Crippen molar-refractivity contribution in [3.63, 3.8) is 0 Å². The standard InChI is InChI=1S/C10H14O4Si/c1-12-15(13-2,14-3)10-6-4-9(8-11)5-7-10/h4-8H,1-3H3. The summed E-state index contributed by atoms with van der Waals surface area (Å²) in [6.07, 6.45) is 0.791. The fourth-order valence-electron chi connectivity index (χ4n) is 1.37. The van der Waals surface area contributed by atoms with Gasteiger partial charge in [-0.3, -0.25) is 4.79 Å². The molecule has 82 valence electrons. The zero-order valence-electron chi connectivity index (χ0n) is 9.02. The lowest BCUT2D eigenvalue weighted by molar-refractivity contribution is 0.112. The molecule has 0 heterocycles. The van der Waals surface area contributed by atoms with Gasteiger partial charge in [0.1, 0.15) is 6.29 Å². The van der Waals surface area contributed by atoms with E-state index in [9.17, 15) is 4.79 Å². The van der Waals surface area contributed by atoms with Gasteiger partial charge in [0.2, 0.25) is 0 Å². The van der Waals surface area contributed by atoms with Gasteiger partial charge in [-0.15, -0.1) is 0 Å². The van der Waals surface area contributed by atoms with Crippen molar-refractivity contribution in [2.75, 3.05) is 21.3 Å². The number of carbonyl (C=O) groups excluding carboxylic acids is 1. The lowest BCUT2D eigenvalue weighted by atomic mass is 10.2. The number of hydrogen-bond donors (Lipinski definition) is 0. The van der Waals surface area contributed by atoms with E-state index in [2.05, 4.69) is 0 Å². The van der Waals surface area contributed by atoms with E-state index in [4.69, 9.17) is 13.3 Å². The van der Waals surface area contributed by atoms with E-state index in [1.807, 2.05) is 0 Å². The van der Waals surface area contributed by atoms with Crippen LogP contribution in [0.3, 0.4) is 0 Å². The molecule has 1 aromatic carbocycles. The Kier molecular flexibility index (Phi) is 4.16. The van der Waals surface area contributed by atoms with Crippen LogP contribution in [0, 0.1) is 0 Å². The molecule has 0 aromatic heterocycles. The van der Waals surface area contributed by atoms with Gasteiger partial charge in [-0.1, -0.05) is 24.3 Å². The van der Waals surface area contributed by atoms with Crippen LogP contribution in [-0.2, 0) is 13.3 Å². The van der Waals surface area contributed by atoms with Crippen molar-refractivity contribution in [1.82, 2.24) is 0 Å². The van der Waals surface area contributed by atoms with Crippen LogP contribution in [0.2, 0.25) is 0 Å². The lowest BCUT2D eigenvalue weighted by Gasteiger charge is -2.24. The summed E-state index contributed by atoms with van der Waals surface area (Å²) < 4.78 is 15.9. The molecule has 0 bridgehead atoms. The van der Waals surface area contributed by atoms with Gasteiger partial charge in [0, 0.05) is 32.1 Å². The molecule has 0 atom stereocenters. The topological polar surface area (TPSA) is 44.8 Å². The van der Waals surface area contributed by atoms with E-state index in [1.54, 1.807) is 45.6 Å². The molecule has 0 unspecified atom stereocenters. The third-order valence-electron chi connectivity index (χ3n) is 2.21. The van der Waals surface area contributed by atoms with Crippen molar-refractivity contribution in [1.29, 1.82) is 0 Å². The molecule has 0 aliphatic heterocycles. The van der Waals surface area contributed by atoms with Crippen LogP contribution in [0.4, 0.5) is 0 Å². The zero-order valence-corrected chi connectivity index (χ0v) is 10.0. The molecule has 0 saturated heterocycles. The zero-order chi connectivity index (χ0) is 11.3. The molecule has 0 aliphatic carbocycles. The maximum atomic E-state index is 10.5. The summed E-state index contributed by atoms with van der Waals surface area (Å²) in [6.45, 7) is 0. The normalized spacial score (nSPS) is 11.4.